The molecule has 0 heterocycles. The normalized spacial score (nSPS) is 11.6. The Bertz CT molecular complexity index is 862. The minimum absolute atomic E-state index is 0.0610. The van der Waals surface area contributed by atoms with Crippen LogP contribution < -0.4 is 10.1 Å². The van der Waals surface area contributed by atoms with Crippen LogP contribution in [0.4, 0.5) is 0 Å². The van der Waals surface area contributed by atoms with E-state index in [1.165, 1.54) is 0 Å². The first kappa shape index (κ1) is 19.7. The van der Waals surface area contributed by atoms with Gasteiger partial charge in [0.25, 0.3) is 0 Å². The van der Waals surface area contributed by atoms with E-state index in [9.17, 15) is 4.79 Å². The van der Waals surface area contributed by atoms with Gasteiger partial charge in [-0.05, 0) is 35.2 Å². The Morgan fingerprint density at radius 3 is 2.25 bits per heavy atom. The zero-order valence-corrected chi connectivity index (χ0v) is 16.3. The second kappa shape index (κ2) is 10.3. The summed E-state index contributed by atoms with van der Waals surface area (Å²) < 4.78 is 5.94. The van der Waals surface area contributed by atoms with E-state index in [0.717, 1.165) is 35.3 Å². The lowest BCUT2D eigenvalue weighted by molar-refractivity contribution is -0.122. The molecule has 0 saturated heterocycles. The Morgan fingerprint density at radius 2 is 1.57 bits per heavy atom. The number of hydrogen-bond acceptors (Lipinski definition) is 2. The molecule has 28 heavy (non-hydrogen) atoms. The van der Waals surface area contributed by atoms with E-state index in [0.29, 0.717) is 13.2 Å². The maximum atomic E-state index is 12.8. The fraction of sp³-hybridized carbons (Fsp3) is 0.240. The van der Waals surface area contributed by atoms with Crippen LogP contribution in [0.1, 0.15) is 42.4 Å². The fourth-order valence-electron chi connectivity index (χ4n) is 3.21. The zero-order valence-electron chi connectivity index (χ0n) is 16.3. The first-order chi connectivity index (χ1) is 13.8. The lowest BCUT2D eigenvalue weighted by Crippen LogP contribution is -2.29. The molecule has 0 bridgehead atoms. The van der Waals surface area contributed by atoms with Gasteiger partial charge in [-0.25, -0.2) is 0 Å². The van der Waals surface area contributed by atoms with E-state index in [2.05, 4.69) is 12.2 Å². The summed E-state index contributed by atoms with van der Waals surface area (Å²) in [4.78, 5) is 12.8. The molecule has 1 atom stereocenters. The first-order valence-corrected chi connectivity index (χ1v) is 9.84. The highest BCUT2D eigenvalue weighted by Gasteiger charge is 2.20. The second-order valence-corrected chi connectivity index (χ2v) is 6.89. The molecule has 3 aromatic rings. The third-order valence-corrected chi connectivity index (χ3v) is 4.71. The molecule has 0 fully saturated rings. The van der Waals surface area contributed by atoms with E-state index in [1.807, 2.05) is 84.9 Å². The molecular weight excluding hydrogens is 346 g/mol. The molecule has 0 aromatic heterocycles. The van der Waals surface area contributed by atoms with Crippen molar-refractivity contribution >= 4 is 5.91 Å². The fourth-order valence-corrected chi connectivity index (χ4v) is 3.21. The summed E-state index contributed by atoms with van der Waals surface area (Å²) in [5.74, 6) is 0.679. The number of benzene rings is 3. The summed E-state index contributed by atoms with van der Waals surface area (Å²) in [6.45, 7) is 3.17. The topological polar surface area (TPSA) is 38.3 Å². The van der Waals surface area contributed by atoms with Crippen molar-refractivity contribution in [2.75, 3.05) is 0 Å². The van der Waals surface area contributed by atoms with Crippen molar-refractivity contribution < 1.29 is 9.53 Å². The molecule has 0 spiro atoms. The second-order valence-electron chi connectivity index (χ2n) is 6.89. The number of nitrogens with one attached hydrogen (secondary N) is 1. The van der Waals surface area contributed by atoms with E-state index >= 15 is 0 Å². The van der Waals surface area contributed by atoms with Crippen LogP contribution in [-0.2, 0) is 17.9 Å². The molecule has 0 aliphatic carbocycles. The van der Waals surface area contributed by atoms with Crippen molar-refractivity contribution in [1.29, 1.82) is 0 Å². The molecule has 1 unspecified atom stereocenters. The maximum Gasteiger partial charge on any atom is 0.227 e. The highest BCUT2D eigenvalue weighted by atomic mass is 16.5. The third-order valence-electron chi connectivity index (χ3n) is 4.71. The van der Waals surface area contributed by atoms with Gasteiger partial charge in [0.15, 0.2) is 0 Å². The number of rotatable bonds is 9. The van der Waals surface area contributed by atoms with Crippen molar-refractivity contribution in [3.63, 3.8) is 0 Å². The molecule has 0 aliphatic rings. The molecule has 3 aromatic carbocycles. The first-order valence-electron chi connectivity index (χ1n) is 9.84. The van der Waals surface area contributed by atoms with Crippen molar-refractivity contribution in [2.24, 2.45) is 0 Å². The monoisotopic (exact) mass is 373 g/mol. The van der Waals surface area contributed by atoms with Crippen molar-refractivity contribution in [2.45, 2.75) is 38.8 Å². The zero-order chi connectivity index (χ0) is 19.6. The van der Waals surface area contributed by atoms with Gasteiger partial charge < -0.3 is 10.1 Å². The van der Waals surface area contributed by atoms with Gasteiger partial charge in [-0.1, -0.05) is 86.1 Å². The van der Waals surface area contributed by atoms with Crippen LogP contribution in [0, 0.1) is 0 Å². The predicted molar refractivity (Wildman–Crippen MR) is 113 cm³/mol. The molecule has 1 N–H and O–H groups in total. The average Bonchev–Trinajstić information content (AvgIpc) is 2.76. The summed E-state index contributed by atoms with van der Waals surface area (Å²) in [6.07, 6.45) is 1.75. The summed E-state index contributed by atoms with van der Waals surface area (Å²) in [7, 11) is 0. The number of carbonyl (C=O) groups excluding carboxylic acids is 1. The summed E-state index contributed by atoms with van der Waals surface area (Å²) in [5.41, 5.74) is 3.22. The van der Waals surface area contributed by atoms with Crippen molar-refractivity contribution in [3.05, 3.63) is 102 Å². The van der Waals surface area contributed by atoms with Gasteiger partial charge in [0.2, 0.25) is 5.91 Å². The van der Waals surface area contributed by atoms with Gasteiger partial charge in [0.05, 0.1) is 5.92 Å². The van der Waals surface area contributed by atoms with E-state index < -0.39 is 0 Å². The molecule has 3 nitrogen and oxygen atoms in total. The largest absolute Gasteiger partial charge is 0.489 e. The van der Waals surface area contributed by atoms with Crippen LogP contribution in [-0.4, -0.2) is 5.91 Å². The van der Waals surface area contributed by atoms with Crippen LogP contribution >= 0.6 is 0 Å². The molecule has 1 amide bonds. The van der Waals surface area contributed by atoms with Crippen molar-refractivity contribution in [1.82, 2.24) is 5.32 Å². The lowest BCUT2D eigenvalue weighted by Gasteiger charge is -2.18. The smallest absolute Gasteiger partial charge is 0.227 e. The van der Waals surface area contributed by atoms with Crippen LogP contribution in [0.25, 0.3) is 0 Å². The van der Waals surface area contributed by atoms with Gasteiger partial charge in [-0.15, -0.1) is 0 Å². The molecule has 3 heteroatoms. The van der Waals surface area contributed by atoms with Crippen LogP contribution in [0.5, 0.6) is 5.75 Å². The Kier molecular flexibility index (Phi) is 7.25. The quantitative estimate of drug-likeness (QED) is 0.540. The van der Waals surface area contributed by atoms with E-state index in [1.54, 1.807) is 0 Å². The lowest BCUT2D eigenvalue weighted by atomic mass is 9.93. The minimum atomic E-state index is -0.172. The number of hydrogen-bond donors (Lipinski definition) is 1. The number of carbonyl (C=O) groups is 1. The Labute approximate surface area is 167 Å². The third kappa shape index (κ3) is 5.71. The van der Waals surface area contributed by atoms with Crippen LogP contribution in [0.2, 0.25) is 0 Å². The Balaban J connectivity index is 1.66. The average molecular weight is 373 g/mol. The van der Waals surface area contributed by atoms with Gasteiger partial charge >= 0.3 is 0 Å². The summed E-state index contributed by atoms with van der Waals surface area (Å²) >= 11 is 0. The van der Waals surface area contributed by atoms with Gasteiger partial charge in [0.1, 0.15) is 12.4 Å². The molecule has 144 valence electrons. The SMILES string of the molecule is CCCC(C(=O)NCc1ccccc1)c1cccc(OCc2ccccc2)c1. The highest BCUT2D eigenvalue weighted by Crippen LogP contribution is 2.26. The van der Waals surface area contributed by atoms with Crippen LogP contribution in [0.15, 0.2) is 84.9 Å². The van der Waals surface area contributed by atoms with E-state index in [-0.39, 0.29) is 11.8 Å². The summed E-state index contributed by atoms with van der Waals surface area (Å²) in [6, 6.07) is 28.0. The molecule has 0 saturated carbocycles. The molecule has 3 rings (SSSR count). The standard InChI is InChI=1S/C25H27NO2/c1-2-10-24(25(27)26-18-20-11-5-3-6-12-20)22-15-9-16-23(17-22)28-19-21-13-7-4-8-14-21/h3-9,11-17,24H,2,10,18-19H2,1H3,(H,26,27). The van der Waals surface area contributed by atoms with Gasteiger partial charge in [-0.3, -0.25) is 4.79 Å². The number of amides is 1. The van der Waals surface area contributed by atoms with Crippen LogP contribution in [0.3, 0.4) is 0 Å². The predicted octanol–water partition coefficient (Wildman–Crippen LogP) is 5.47. The van der Waals surface area contributed by atoms with Crippen molar-refractivity contribution in [3.8, 4) is 5.75 Å². The maximum absolute atomic E-state index is 12.8. The summed E-state index contributed by atoms with van der Waals surface area (Å²) in [5, 5.41) is 3.08. The van der Waals surface area contributed by atoms with E-state index in [4.69, 9.17) is 4.74 Å². The molecule has 0 aliphatic heterocycles. The molecule has 0 radical (unpaired) electrons. The minimum Gasteiger partial charge on any atom is -0.489 e. The number of ether oxygens (including phenoxy) is 1. The van der Waals surface area contributed by atoms with Gasteiger partial charge in [-0.2, -0.15) is 0 Å². The molecular formula is C25H27NO2. The van der Waals surface area contributed by atoms with Gasteiger partial charge in [0, 0.05) is 6.54 Å². The highest BCUT2D eigenvalue weighted by molar-refractivity contribution is 5.83. The Morgan fingerprint density at radius 1 is 0.893 bits per heavy atom. The Hall–Kier alpha value is -3.07.